The second-order valence-electron chi connectivity index (χ2n) is 6.60. The minimum atomic E-state index is -2.49. The summed E-state index contributed by atoms with van der Waals surface area (Å²) in [5.74, 6) is 0.0902. The highest BCUT2D eigenvalue weighted by atomic mass is 31.2. The Bertz CT molecular complexity index is 1080. The van der Waals surface area contributed by atoms with Crippen LogP contribution in [0.3, 0.4) is 0 Å². The van der Waals surface area contributed by atoms with Crippen LogP contribution < -0.4 is 15.9 Å². The van der Waals surface area contributed by atoms with Gasteiger partial charge in [0.1, 0.15) is 18.6 Å². The van der Waals surface area contributed by atoms with E-state index in [1.807, 2.05) is 31.2 Å². The number of para-hydroxylation sites is 1. The minimum Gasteiger partial charge on any atom is -0.339 e. The molecule has 9 heteroatoms. The number of halogens is 1. The van der Waals surface area contributed by atoms with Crippen molar-refractivity contribution in [3.05, 3.63) is 64.9 Å². The summed E-state index contributed by atoms with van der Waals surface area (Å²) >= 11 is 0. The van der Waals surface area contributed by atoms with Gasteiger partial charge < -0.3 is 15.2 Å². The van der Waals surface area contributed by atoms with E-state index in [1.54, 1.807) is 19.5 Å². The number of nitrogens with zero attached hydrogens (tertiary/aromatic N) is 3. The van der Waals surface area contributed by atoms with Crippen molar-refractivity contribution < 1.29 is 8.96 Å². The Kier molecular flexibility index (Phi) is 5.51. The molecule has 2 aromatic carbocycles. The fourth-order valence-electron chi connectivity index (χ4n) is 2.59. The van der Waals surface area contributed by atoms with E-state index in [0.29, 0.717) is 17.2 Å². The number of anilines is 4. The summed E-state index contributed by atoms with van der Waals surface area (Å²) in [5, 5.41) is 9.51. The van der Waals surface area contributed by atoms with Crippen molar-refractivity contribution in [1.29, 1.82) is 0 Å². The van der Waals surface area contributed by atoms with Crippen LogP contribution in [-0.4, -0.2) is 23.3 Å². The Labute approximate surface area is 161 Å². The maximum Gasteiger partial charge on any atom is 0.229 e. The first kappa shape index (κ1) is 19.6. The molecule has 0 atom stereocenters. The Balaban J connectivity index is 1.91. The van der Waals surface area contributed by atoms with Crippen molar-refractivity contribution in [3.63, 3.8) is 0 Å². The van der Waals surface area contributed by atoms with Crippen LogP contribution in [0.25, 0.3) is 0 Å². The van der Waals surface area contributed by atoms with E-state index in [0.717, 1.165) is 16.9 Å². The van der Waals surface area contributed by atoms with E-state index < -0.39 is 13.0 Å². The first-order chi connectivity index (χ1) is 13.3. The molecular formula is C19H19FN5O2P. The van der Waals surface area contributed by atoms with Crippen LogP contribution in [0.4, 0.5) is 33.2 Å². The lowest BCUT2D eigenvalue weighted by Gasteiger charge is -2.16. The van der Waals surface area contributed by atoms with Crippen LogP contribution in [0.5, 0.6) is 0 Å². The zero-order valence-corrected chi connectivity index (χ0v) is 16.5. The van der Waals surface area contributed by atoms with E-state index in [4.69, 9.17) is 0 Å². The van der Waals surface area contributed by atoms with E-state index in [9.17, 15) is 13.9 Å². The predicted molar refractivity (Wildman–Crippen MR) is 111 cm³/mol. The molecule has 0 radical (unpaired) electrons. The zero-order chi connectivity index (χ0) is 20.3. The lowest BCUT2D eigenvalue weighted by Crippen LogP contribution is -2.11. The fourth-order valence-corrected chi connectivity index (χ4v) is 3.75. The molecule has 1 heterocycles. The topological polar surface area (TPSA) is 96.3 Å². The standard InChI is InChI=1S/C19H19FN5O2P/c1-12-11-21-19(22-13-8-9-14(20)16(10-13)25-26)24-18(12)23-15-6-4-5-7-17(15)28(2,3)27/h4-11H,1-3H3,(H2,21,22,23,24). The Morgan fingerprint density at radius 1 is 1.11 bits per heavy atom. The normalized spacial score (nSPS) is 11.1. The van der Waals surface area contributed by atoms with Crippen LogP contribution in [-0.2, 0) is 4.57 Å². The molecule has 0 fully saturated rings. The van der Waals surface area contributed by atoms with E-state index in [1.165, 1.54) is 12.1 Å². The highest BCUT2D eigenvalue weighted by Crippen LogP contribution is 2.38. The van der Waals surface area contributed by atoms with Gasteiger partial charge in [0.15, 0.2) is 5.82 Å². The van der Waals surface area contributed by atoms with Crippen molar-refractivity contribution in [3.8, 4) is 0 Å². The van der Waals surface area contributed by atoms with Crippen molar-refractivity contribution in [2.75, 3.05) is 24.0 Å². The summed E-state index contributed by atoms with van der Waals surface area (Å²) in [6, 6.07) is 11.2. The molecule has 0 bridgehead atoms. The first-order valence-electron chi connectivity index (χ1n) is 8.43. The molecule has 3 aromatic rings. The van der Waals surface area contributed by atoms with Gasteiger partial charge in [-0.3, -0.25) is 0 Å². The third-order valence-electron chi connectivity index (χ3n) is 4.01. The summed E-state index contributed by atoms with van der Waals surface area (Å²) in [5.41, 5.74) is 1.62. The number of nitrogens with one attached hydrogen (secondary N) is 2. The third-order valence-corrected chi connectivity index (χ3v) is 5.56. The largest absolute Gasteiger partial charge is 0.339 e. The monoisotopic (exact) mass is 399 g/mol. The molecule has 7 nitrogen and oxygen atoms in total. The zero-order valence-electron chi connectivity index (χ0n) is 15.6. The molecule has 0 unspecified atom stereocenters. The quantitative estimate of drug-likeness (QED) is 0.444. The van der Waals surface area contributed by atoms with Crippen LogP contribution in [0.15, 0.2) is 53.8 Å². The lowest BCUT2D eigenvalue weighted by atomic mass is 10.2. The van der Waals surface area contributed by atoms with Gasteiger partial charge in [0.25, 0.3) is 0 Å². The van der Waals surface area contributed by atoms with Gasteiger partial charge in [-0.1, -0.05) is 12.1 Å². The second kappa shape index (κ2) is 7.86. The number of nitroso groups, excluding NO2 is 1. The van der Waals surface area contributed by atoms with Crippen molar-refractivity contribution in [1.82, 2.24) is 9.97 Å². The number of benzene rings is 2. The smallest absolute Gasteiger partial charge is 0.229 e. The molecule has 0 aliphatic carbocycles. The number of rotatable bonds is 6. The molecule has 0 amide bonds. The Morgan fingerprint density at radius 3 is 2.57 bits per heavy atom. The van der Waals surface area contributed by atoms with E-state index >= 15 is 0 Å². The minimum absolute atomic E-state index is 0.255. The van der Waals surface area contributed by atoms with Gasteiger partial charge in [0.2, 0.25) is 5.95 Å². The first-order valence-corrected chi connectivity index (χ1v) is 11.0. The van der Waals surface area contributed by atoms with Gasteiger partial charge in [-0.2, -0.15) is 4.98 Å². The molecule has 0 aliphatic heterocycles. The molecule has 2 N–H and O–H groups in total. The molecule has 0 spiro atoms. The summed E-state index contributed by atoms with van der Waals surface area (Å²) in [4.78, 5) is 19.3. The second-order valence-corrected chi connectivity index (χ2v) is 9.78. The molecular weight excluding hydrogens is 380 g/mol. The average Bonchev–Trinajstić information content (AvgIpc) is 2.65. The van der Waals surface area contributed by atoms with Gasteiger partial charge >= 0.3 is 0 Å². The number of hydrogen-bond donors (Lipinski definition) is 2. The molecule has 3 rings (SSSR count). The molecule has 28 heavy (non-hydrogen) atoms. The summed E-state index contributed by atoms with van der Waals surface area (Å²) in [6.07, 6.45) is 1.63. The Hall–Kier alpha value is -3.12. The summed E-state index contributed by atoms with van der Waals surface area (Å²) < 4.78 is 26.0. The summed E-state index contributed by atoms with van der Waals surface area (Å²) in [7, 11) is -2.49. The van der Waals surface area contributed by atoms with Gasteiger partial charge in [0, 0.05) is 22.8 Å². The van der Waals surface area contributed by atoms with Gasteiger partial charge in [-0.15, -0.1) is 4.91 Å². The third kappa shape index (κ3) is 4.40. The van der Waals surface area contributed by atoms with Crippen LogP contribution in [0.1, 0.15) is 5.56 Å². The lowest BCUT2D eigenvalue weighted by molar-refractivity contribution is 0.588. The van der Waals surface area contributed by atoms with Crippen LogP contribution >= 0.6 is 7.14 Å². The molecule has 0 saturated carbocycles. The number of aromatic nitrogens is 2. The van der Waals surface area contributed by atoms with Crippen molar-refractivity contribution >= 4 is 41.3 Å². The number of aryl methyl sites for hydroxylation is 1. The molecule has 144 valence electrons. The Morgan fingerprint density at radius 2 is 1.86 bits per heavy atom. The summed E-state index contributed by atoms with van der Waals surface area (Å²) in [6.45, 7) is 5.26. The predicted octanol–water partition coefficient (Wildman–Crippen LogP) is 5.06. The molecule has 0 aliphatic rings. The molecule has 1 aromatic heterocycles. The fraction of sp³-hybridized carbons (Fsp3) is 0.158. The van der Waals surface area contributed by atoms with Gasteiger partial charge in [-0.05, 0) is 55.8 Å². The average molecular weight is 399 g/mol. The maximum atomic E-state index is 13.4. The highest BCUT2D eigenvalue weighted by Gasteiger charge is 2.16. The van der Waals surface area contributed by atoms with E-state index in [2.05, 4.69) is 25.8 Å². The molecule has 0 saturated heterocycles. The SMILES string of the molecule is Cc1cnc(Nc2ccc(F)c(N=O)c2)nc1Nc1ccccc1P(C)(C)=O. The van der Waals surface area contributed by atoms with Gasteiger partial charge in [-0.25, -0.2) is 9.37 Å². The number of hydrogen-bond acceptors (Lipinski definition) is 7. The highest BCUT2D eigenvalue weighted by molar-refractivity contribution is 7.70. The van der Waals surface area contributed by atoms with Gasteiger partial charge in [0.05, 0.1) is 5.69 Å². The van der Waals surface area contributed by atoms with Crippen LogP contribution in [0.2, 0.25) is 0 Å². The van der Waals surface area contributed by atoms with Crippen molar-refractivity contribution in [2.45, 2.75) is 6.92 Å². The van der Waals surface area contributed by atoms with E-state index in [-0.39, 0.29) is 11.6 Å². The van der Waals surface area contributed by atoms with Crippen LogP contribution in [0, 0.1) is 17.6 Å². The maximum absolute atomic E-state index is 13.4. The van der Waals surface area contributed by atoms with Crippen molar-refractivity contribution in [2.24, 2.45) is 5.18 Å².